The van der Waals surface area contributed by atoms with E-state index in [-0.39, 0.29) is 5.75 Å². The number of nitrogens with zero attached hydrogens (tertiary/aromatic N) is 3. The van der Waals surface area contributed by atoms with Gasteiger partial charge in [-0.2, -0.15) is 5.10 Å². The van der Waals surface area contributed by atoms with E-state index in [1.165, 1.54) is 0 Å². The average molecular weight is 226 g/mol. The molecular weight excluding hydrogens is 216 g/mol. The Bertz CT molecular complexity index is 690. The van der Waals surface area contributed by atoms with Gasteiger partial charge in [0.1, 0.15) is 5.75 Å². The number of anilines is 1. The Balaban J connectivity index is 2.32. The van der Waals surface area contributed by atoms with Gasteiger partial charge in [0, 0.05) is 11.6 Å². The first-order valence-corrected chi connectivity index (χ1v) is 5.12. The van der Waals surface area contributed by atoms with Crippen LogP contribution in [0, 0.1) is 0 Å². The zero-order chi connectivity index (χ0) is 11.8. The van der Waals surface area contributed by atoms with Gasteiger partial charge in [0.15, 0.2) is 5.82 Å². The molecule has 3 rings (SSSR count). The lowest BCUT2D eigenvalue weighted by atomic mass is 10.1. The van der Waals surface area contributed by atoms with Gasteiger partial charge in [0.05, 0.1) is 18.1 Å². The van der Waals surface area contributed by atoms with Crippen molar-refractivity contribution in [2.75, 3.05) is 5.73 Å². The van der Waals surface area contributed by atoms with Crippen LogP contribution in [0.3, 0.4) is 0 Å². The van der Waals surface area contributed by atoms with Gasteiger partial charge in [-0.1, -0.05) is 6.07 Å². The first-order chi connectivity index (χ1) is 8.24. The third kappa shape index (κ3) is 1.57. The topological polar surface area (TPSA) is 77.0 Å². The summed E-state index contributed by atoms with van der Waals surface area (Å²) in [7, 11) is 0. The second kappa shape index (κ2) is 3.48. The smallest absolute Gasteiger partial charge is 0.161 e. The molecule has 0 aliphatic heterocycles. The van der Waals surface area contributed by atoms with E-state index in [1.54, 1.807) is 35.4 Å². The molecule has 0 amide bonds. The van der Waals surface area contributed by atoms with Gasteiger partial charge in [-0.25, -0.2) is 9.67 Å². The molecule has 0 fully saturated rings. The lowest BCUT2D eigenvalue weighted by Gasteiger charge is -2.05. The molecule has 0 aliphatic rings. The summed E-state index contributed by atoms with van der Waals surface area (Å²) in [4.78, 5) is 4.27. The predicted octanol–water partition coefficient (Wildman–Crippen LogP) is 1.71. The average Bonchev–Trinajstić information content (AvgIpc) is 2.75. The van der Waals surface area contributed by atoms with Crippen LogP contribution in [0.2, 0.25) is 0 Å². The van der Waals surface area contributed by atoms with Crippen molar-refractivity contribution in [1.82, 2.24) is 14.8 Å². The van der Waals surface area contributed by atoms with Crippen LogP contribution in [0.4, 0.5) is 5.69 Å². The lowest BCUT2D eigenvalue weighted by Crippen LogP contribution is -1.98. The molecule has 1 aromatic carbocycles. The maximum atomic E-state index is 9.52. The molecule has 0 unspecified atom stereocenters. The van der Waals surface area contributed by atoms with Crippen LogP contribution in [-0.2, 0) is 0 Å². The van der Waals surface area contributed by atoms with Crippen LogP contribution in [0.1, 0.15) is 0 Å². The molecule has 0 saturated heterocycles. The fourth-order valence-electron chi connectivity index (χ4n) is 1.78. The van der Waals surface area contributed by atoms with E-state index in [4.69, 9.17) is 5.73 Å². The molecule has 3 aromatic rings. The van der Waals surface area contributed by atoms with Crippen molar-refractivity contribution in [2.24, 2.45) is 0 Å². The molecule has 0 atom stereocenters. The molecule has 0 saturated carbocycles. The standard InChI is InChI=1S/C12H10N4O/c13-9-6-15-16(7-9)12-11-5-10(17)2-1-8(11)3-4-14-12/h1-7,17H,13H2. The van der Waals surface area contributed by atoms with E-state index < -0.39 is 0 Å². The number of aromatic nitrogens is 3. The zero-order valence-electron chi connectivity index (χ0n) is 8.91. The minimum Gasteiger partial charge on any atom is -0.508 e. The first kappa shape index (κ1) is 9.65. The highest BCUT2D eigenvalue weighted by Crippen LogP contribution is 2.24. The van der Waals surface area contributed by atoms with Gasteiger partial charge in [0.2, 0.25) is 0 Å². The van der Waals surface area contributed by atoms with E-state index in [9.17, 15) is 5.11 Å². The number of nitrogen functional groups attached to an aromatic ring is 1. The van der Waals surface area contributed by atoms with Crippen LogP contribution in [-0.4, -0.2) is 19.9 Å². The Hall–Kier alpha value is -2.56. The summed E-state index contributed by atoms with van der Waals surface area (Å²) in [6, 6.07) is 7.02. The molecule has 0 radical (unpaired) electrons. The minimum atomic E-state index is 0.201. The summed E-state index contributed by atoms with van der Waals surface area (Å²) >= 11 is 0. The second-order valence-electron chi connectivity index (χ2n) is 3.76. The molecule has 0 spiro atoms. The van der Waals surface area contributed by atoms with Crippen molar-refractivity contribution < 1.29 is 5.11 Å². The number of rotatable bonds is 1. The molecule has 0 aliphatic carbocycles. The molecule has 2 aromatic heterocycles. The van der Waals surface area contributed by atoms with Crippen molar-refractivity contribution >= 4 is 16.5 Å². The molecule has 17 heavy (non-hydrogen) atoms. The highest BCUT2D eigenvalue weighted by Gasteiger charge is 2.06. The van der Waals surface area contributed by atoms with Crippen molar-refractivity contribution in [3.05, 3.63) is 42.9 Å². The number of hydrogen-bond donors (Lipinski definition) is 2. The summed E-state index contributed by atoms with van der Waals surface area (Å²) < 4.78 is 1.59. The molecule has 2 heterocycles. The maximum Gasteiger partial charge on any atom is 0.161 e. The summed E-state index contributed by atoms with van der Waals surface area (Å²) in [6.45, 7) is 0. The Labute approximate surface area is 97.1 Å². The fraction of sp³-hybridized carbons (Fsp3) is 0. The SMILES string of the molecule is Nc1cnn(-c2nccc3ccc(O)cc23)c1. The van der Waals surface area contributed by atoms with E-state index >= 15 is 0 Å². The normalized spacial score (nSPS) is 10.8. The molecule has 5 nitrogen and oxygen atoms in total. The van der Waals surface area contributed by atoms with Gasteiger partial charge in [-0.15, -0.1) is 0 Å². The summed E-state index contributed by atoms with van der Waals surface area (Å²) in [6.07, 6.45) is 4.95. The van der Waals surface area contributed by atoms with Crippen LogP contribution in [0.15, 0.2) is 42.9 Å². The monoisotopic (exact) mass is 226 g/mol. The molecule has 3 N–H and O–H groups in total. The quantitative estimate of drug-likeness (QED) is 0.662. The van der Waals surface area contributed by atoms with Crippen molar-refractivity contribution in [3.63, 3.8) is 0 Å². The number of phenolic OH excluding ortho intramolecular Hbond substituents is 1. The van der Waals surface area contributed by atoms with E-state index in [2.05, 4.69) is 10.1 Å². The van der Waals surface area contributed by atoms with Gasteiger partial charge in [-0.3, -0.25) is 0 Å². The lowest BCUT2D eigenvalue weighted by molar-refractivity contribution is 0.476. The van der Waals surface area contributed by atoms with Crippen LogP contribution in [0.5, 0.6) is 5.75 Å². The first-order valence-electron chi connectivity index (χ1n) is 5.12. The minimum absolute atomic E-state index is 0.201. The second-order valence-corrected chi connectivity index (χ2v) is 3.76. The molecular formula is C12H10N4O. The maximum absolute atomic E-state index is 9.52. The summed E-state index contributed by atoms with van der Waals surface area (Å²) in [5, 5.41) is 15.5. The molecule has 0 bridgehead atoms. The molecule has 84 valence electrons. The number of aromatic hydroxyl groups is 1. The number of nitrogens with two attached hydrogens (primary N) is 1. The van der Waals surface area contributed by atoms with Crippen molar-refractivity contribution in [2.45, 2.75) is 0 Å². The Morgan fingerprint density at radius 1 is 1.24 bits per heavy atom. The van der Waals surface area contributed by atoms with Gasteiger partial charge in [-0.05, 0) is 23.6 Å². The van der Waals surface area contributed by atoms with Gasteiger partial charge in [0.25, 0.3) is 0 Å². The van der Waals surface area contributed by atoms with Crippen LogP contribution < -0.4 is 5.73 Å². The van der Waals surface area contributed by atoms with E-state index in [0.29, 0.717) is 11.5 Å². The molecule has 5 heteroatoms. The predicted molar refractivity (Wildman–Crippen MR) is 64.9 cm³/mol. The Morgan fingerprint density at radius 2 is 2.12 bits per heavy atom. The van der Waals surface area contributed by atoms with Gasteiger partial charge >= 0.3 is 0 Å². The number of fused-ring (bicyclic) bond motifs is 1. The van der Waals surface area contributed by atoms with Crippen molar-refractivity contribution in [1.29, 1.82) is 0 Å². The Kier molecular flexibility index (Phi) is 1.98. The summed E-state index contributed by atoms with van der Waals surface area (Å²) in [5.74, 6) is 0.849. The number of pyridine rings is 1. The van der Waals surface area contributed by atoms with Crippen LogP contribution in [0.25, 0.3) is 16.6 Å². The Morgan fingerprint density at radius 3 is 2.88 bits per heavy atom. The van der Waals surface area contributed by atoms with Crippen molar-refractivity contribution in [3.8, 4) is 11.6 Å². The van der Waals surface area contributed by atoms with Crippen LogP contribution >= 0.6 is 0 Å². The summed E-state index contributed by atoms with van der Waals surface area (Å²) in [5.41, 5.74) is 6.20. The fourth-order valence-corrected chi connectivity index (χ4v) is 1.78. The van der Waals surface area contributed by atoms with E-state index in [1.807, 2.05) is 12.1 Å². The third-order valence-electron chi connectivity index (χ3n) is 2.55. The third-order valence-corrected chi connectivity index (χ3v) is 2.55. The highest BCUT2D eigenvalue weighted by molar-refractivity contribution is 5.89. The van der Waals surface area contributed by atoms with E-state index in [0.717, 1.165) is 10.8 Å². The number of benzene rings is 1. The largest absolute Gasteiger partial charge is 0.508 e. The highest BCUT2D eigenvalue weighted by atomic mass is 16.3. The zero-order valence-corrected chi connectivity index (χ0v) is 8.91. The number of phenols is 1. The van der Waals surface area contributed by atoms with Gasteiger partial charge < -0.3 is 10.8 Å². The number of hydrogen-bond acceptors (Lipinski definition) is 4.